The van der Waals surface area contributed by atoms with E-state index in [0.717, 1.165) is 46.5 Å². The summed E-state index contributed by atoms with van der Waals surface area (Å²) < 4.78 is 7.70. The van der Waals surface area contributed by atoms with Crippen LogP contribution in [-0.4, -0.2) is 19.7 Å². The summed E-state index contributed by atoms with van der Waals surface area (Å²) in [7, 11) is 0. The van der Waals surface area contributed by atoms with Crippen LogP contribution in [-0.2, 0) is 0 Å². The van der Waals surface area contributed by atoms with Crippen molar-refractivity contribution in [1.29, 1.82) is 0 Å². The lowest BCUT2D eigenvalue weighted by molar-refractivity contribution is 0.386. The summed E-state index contributed by atoms with van der Waals surface area (Å²) in [5.74, 6) is 1.85. The lowest BCUT2D eigenvalue weighted by Gasteiger charge is -2.07. The lowest BCUT2D eigenvalue weighted by atomic mass is 10.0. The van der Waals surface area contributed by atoms with Gasteiger partial charge in [0.15, 0.2) is 0 Å². The van der Waals surface area contributed by atoms with E-state index in [2.05, 4.69) is 40.1 Å². The molecule has 0 bridgehead atoms. The minimum Gasteiger partial charge on any atom is -0.383 e. The van der Waals surface area contributed by atoms with Gasteiger partial charge in [-0.25, -0.2) is 9.97 Å². The topological polar surface area (TPSA) is 82.8 Å². The number of rotatable bonds is 4. The predicted molar refractivity (Wildman–Crippen MR) is 89.9 cm³/mol. The summed E-state index contributed by atoms with van der Waals surface area (Å²) in [6.45, 7) is 8.15. The summed E-state index contributed by atoms with van der Waals surface area (Å²) in [6, 6.07) is 0.252. The number of anilines is 1. The molecular weight excluding hydrogens is 290 g/mol. The lowest BCUT2D eigenvalue weighted by Crippen LogP contribution is -2.00. The van der Waals surface area contributed by atoms with Gasteiger partial charge in [0.1, 0.15) is 29.2 Å². The first kappa shape index (κ1) is 14.0. The second-order valence-corrected chi connectivity index (χ2v) is 6.29. The number of aromatic nitrogens is 4. The summed E-state index contributed by atoms with van der Waals surface area (Å²) in [5.41, 5.74) is 9.57. The van der Waals surface area contributed by atoms with E-state index in [1.807, 2.05) is 12.3 Å². The van der Waals surface area contributed by atoms with Crippen LogP contribution >= 0.6 is 0 Å². The minimum atomic E-state index is 0.252. The molecule has 3 heterocycles. The Labute approximate surface area is 134 Å². The van der Waals surface area contributed by atoms with Gasteiger partial charge in [0.2, 0.25) is 0 Å². The van der Waals surface area contributed by atoms with Gasteiger partial charge in [-0.15, -0.1) is 0 Å². The van der Waals surface area contributed by atoms with E-state index in [9.17, 15) is 0 Å². The predicted octanol–water partition coefficient (Wildman–Crippen LogP) is 3.77. The average molecular weight is 309 g/mol. The van der Waals surface area contributed by atoms with E-state index in [0.29, 0.717) is 11.7 Å². The molecular formula is C17H19N5O. The van der Waals surface area contributed by atoms with Gasteiger partial charge in [0.25, 0.3) is 0 Å². The van der Waals surface area contributed by atoms with Gasteiger partial charge in [-0.3, -0.25) is 0 Å². The van der Waals surface area contributed by atoms with Crippen molar-refractivity contribution in [2.45, 2.75) is 38.6 Å². The molecule has 0 aliphatic heterocycles. The van der Waals surface area contributed by atoms with Crippen LogP contribution in [0.2, 0.25) is 0 Å². The molecule has 2 N–H and O–H groups in total. The number of hydrogen-bond acceptors (Lipinski definition) is 5. The molecule has 0 atom stereocenters. The van der Waals surface area contributed by atoms with E-state index in [4.69, 9.17) is 10.3 Å². The maximum absolute atomic E-state index is 6.13. The Morgan fingerprint density at radius 2 is 2.17 bits per heavy atom. The zero-order chi connectivity index (χ0) is 16.1. The van der Waals surface area contributed by atoms with Crippen LogP contribution in [0.1, 0.15) is 50.0 Å². The standard InChI is InChI=1S/C17H19N5O/c1-4-11-14(21-23-15(11)10-5-6-10)12-7-22(9(2)3)17-13(12)16(18)19-8-20-17/h4,7-10H,1,5-6H2,2-3H3,(H2,18,19,20). The highest BCUT2D eigenvalue weighted by molar-refractivity contribution is 6.01. The molecule has 3 aromatic rings. The highest BCUT2D eigenvalue weighted by Gasteiger charge is 2.32. The second kappa shape index (κ2) is 4.94. The van der Waals surface area contributed by atoms with Gasteiger partial charge < -0.3 is 14.8 Å². The summed E-state index contributed by atoms with van der Waals surface area (Å²) >= 11 is 0. The van der Waals surface area contributed by atoms with E-state index < -0.39 is 0 Å². The maximum Gasteiger partial charge on any atom is 0.147 e. The van der Waals surface area contributed by atoms with Gasteiger partial charge >= 0.3 is 0 Å². The molecule has 0 spiro atoms. The number of nitrogens with two attached hydrogens (primary N) is 1. The first-order valence-corrected chi connectivity index (χ1v) is 7.85. The molecule has 1 saturated carbocycles. The molecule has 3 aromatic heterocycles. The van der Waals surface area contributed by atoms with E-state index in [1.165, 1.54) is 6.33 Å². The van der Waals surface area contributed by atoms with Crippen molar-refractivity contribution in [2.75, 3.05) is 5.73 Å². The van der Waals surface area contributed by atoms with Crippen LogP contribution in [0.15, 0.2) is 23.6 Å². The Bertz CT molecular complexity index is 901. The third-order valence-electron chi connectivity index (χ3n) is 4.36. The van der Waals surface area contributed by atoms with Gasteiger partial charge in [0.05, 0.1) is 5.39 Å². The zero-order valence-electron chi connectivity index (χ0n) is 13.3. The van der Waals surface area contributed by atoms with Crippen molar-refractivity contribution in [3.05, 3.63) is 30.4 Å². The normalized spacial score (nSPS) is 14.7. The van der Waals surface area contributed by atoms with Crippen LogP contribution in [0.3, 0.4) is 0 Å². The van der Waals surface area contributed by atoms with Crippen molar-refractivity contribution in [2.24, 2.45) is 0 Å². The molecule has 23 heavy (non-hydrogen) atoms. The van der Waals surface area contributed by atoms with Crippen LogP contribution in [0.5, 0.6) is 0 Å². The number of hydrogen-bond donors (Lipinski definition) is 1. The van der Waals surface area contributed by atoms with Crippen LogP contribution in [0, 0.1) is 0 Å². The van der Waals surface area contributed by atoms with Crippen LogP contribution in [0.4, 0.5) is 5.82 Å². The molecule has 6 nitrogen and oxygen atoms in total. The fourth-order valence-corrected chi connectivity index (χ4v) is 3.02. The van der Waals surface area contributed by atoms with E-state index in [1.54, 1.807) is 0 Å². The molecule has 0 amide bonds. The van der Waals surface area contributed by atoms with Crippen molar-refractivity contribution >= 4 is 22.9 Å². The number of nitrogen functional groups attached to an aromatic ring is 1. The first-order valence-electron chi connectivity index (χ1n) is 7.85. The highest BCUT2D eigenvalue weighted by atomic mass is 16.5. The number of nitrogens with zero attached hydrogens (tertiary/aromatic N) is 4. The van der Waals surface area contributed by atoms with Gasteiger partial charge in [-0.1, -0.05) is 17.8 Å². The molecule has 0 aromatic carbocycles. The van der Waals surface area contributed by atoms with Crippen molar-refractivity contribution in [1.82, 2.24) is 19.7 Å². The molecule has 0 unspecified atom stereocenters. The van der Waals surface area contributed by atoms with Crippen molar-refractivity contribution in [3.8, 4) is 11.3 Å². The average Bonchev–Trinajstić information content (AvgIpc) is 3.15. The highest BCUT2D eigenvalue weighted by Crippen LogP contribution is 2.45. The van der Waals surface area contributed by atoms with E-state index >= 15 is 0 Å². The molecule has 118 valence electrons. The first-order chi connectivity index (χ1) is 11.1. The molecule has 6 heteroatoms. The van der Waals surface area contributed by atoms with Crippen molar-refractivity contribution < 1.29 is 4.52 Å². The van der Waals surface area contributed by atoms with Crippen LogP contribution < -0.4 is 5.73 Å². The Morgan fingerprint density at radius 1 is 1.39 bits per heavy atom. The summed E-state index contributed by atoms with van der Waals surface area (Å²) in [4.78, 5) is 8.55. The fourth-order valence-electron chi connectivity index (χ4n) is 3.02. The van der Waals surface area contributed by atoms with Gasteiger partial charge in [-0.05, 0) is 26.7 Å². The monoisotopic (exact) mass is 309 g/mol. The molecule has 1 fully saturated rings. The SMILES string of the molecule is C=Cc1c(-c2cn(C(C)C)c3ncnc(N)c23)noc1C1CC1. The van der Waals surface area contributed by atoms with Gasteiger partial charge in [0, 0.05) is 29.3 Å². The largest absolute Gasteiger partial charge is 0.383 e. The van der Waals surface area contributed by atoms with Crippen molar-refractivity contribution in [3.63, 3.8) is 0 Å². The Hall–Kier alpha value is -2.63. The molecule has 0 saturated heterocycles. The smallest absolute Gasteiger partial charge is 0.147 e. The van der Waals surface area contributed by atoms with E-state index in [-0.39, 0.29) is 6.04 Å². The summed E-state index contributed by atoms with van der Waals surface area (Å²) in [5, 5.41) is 5.13. The zero-order valence-corrected chi connectivity index (χ0v) is 13.3. The Morgan fingerprint density at radius 3 is 2.83 bits per heavy atom. The maximum atomic E-state index is 6.13. The third kappa shape index (κ3) is 2.05. The second-order valence-electron chi connectivity index (χ2n) is 6.29. The third-order valence-corrected chi connectivity index (χ3v) is 4.36. The van der Waals surface area contributed by atoms with Crippen LogP contribution in [0.25, 0.3) is 28.4 Å². The Kier molecular flexibility index (Phi) is 3.01. The summed E-state index contributed by atoms with van der Waals surface area (Å²) in [6.07, 6.45) is 7.63. The number of fused-ring (bicyclic) bond motifs is 1. The Balaban J connectivity index is 2.01. The molecule has 1 aliphatic rings. The quantitative estimate of drug-likeness (QED) is 0.793. The molecule has 4 rings (SSSR count). The van der Waals surface area contributed by atoms with Gasteiger partial charge in [-0.2, -0.15) is 0 Å². The fraction of sp³-hybridized carbons (Fsp3) is 0.353. The molecule has 0 radical (unpaired) electrons. The molecule has 1 aliphatic carbocycles. The minimum absolute atomic E-state index is 0.252.